The highest BCUT2D eigenvalue weighted by molar-refractivity contribution is 5.82. The predicted molar refractivity (Wildman–Crippen MR) is 125 cm³/mol. The molecule has 0 bridgehead atoms. The Morgan fingerprint density at radius 2 is 2.23 bits per heavy atom. The van der Waals surface area contributed by atoms with Crippen molar-refractivity contribution in [2.24, 2.45) is 0 Å². The second kappa shape index (κ2) is 8.95. The lowest BCUT2D eigenvalue weighted by Gasteiger charge is -2.24. The summed E-state index contributed by atoms with van der Waals surface area (Å²) >= 11 is 0. The van der Waals surface area contributed by atoms with Crippen molar-refractivity contribution in [2.75, 3.05) is 13.1 Å². The van der Waals surface area contributed by atoms with Crippen LogP contribution in [0.1, 0.15) is 49.8 Å². The summed E-state index contributed by atoms with van der Waals surface area (Å²) in [6, 6.07) is 9.74. The molecule has 1 amide bonds. The fourth-order valence-electron chi connectivity index (χ4n) is 5.15. The van der Waals surface area contributed by atoms with Gasteiger partial charge in [0, 0.05) is 43.1 Å². The maximum Gasteiger partial charge on any atom is 0.259 e. The molecule has 5 rings (SSSR count). The van der Waals surface area contributed by atoms with E-state index in [2.05, 4.69) is 27.3 Å². The van der Waals surface area contributed by atoms with Gasteiger partial charge in [0.1, 0.15) is 17.9 Å². The number of nitrogens with zero attached hydrogens (tertiary/aromatic N) is 5. The normalized spacial score (nSPS) is 18.8. The molecular formula is C26H25N5O4. The highest BCUT2D eigenvalue weighted by Gasteiger charge is 2.48. The summed E-state index contributed by atoms with van der Waals surface area (Å²) in [6.45, 7) is 4.83. The van der Waals surface area contributed by atoms with Crippen LogP contribution in [-0.2, 0) is 21.4 Å². The molecule has 0 radical (unpaired) electrons. The van der Waals surface area contributed by atoms with Crippen molar-refractivity contribution in [3.8, 4) is 34.8 Å². The van der Waals surface area contributed by atoms with Crippen molar-refractivity contribution in [1.82, 2.24) is 20.0 Å². The Kier molecular flexibility index (Phi) is 5.81. The largest absolute Gasteiger partial charge is 0.474 e. The van der Waals surface area contributed by atoms with E-state index in [9.17, 15) is 14.9 Å². The lowest BCUT2D eigenvalue weighted by Crippen LogP contribution is -2.30. The highest BCUT2D eigenvalue weighted by Crippen LogP contribution is 2.48. The van der Waals surface area contributed by atoms with Gasteiger partial charge in [-0.15, -0.1) is 0 Å². The third-order valence-corrected chi connectivity index (χ3v) is 6.69. The fourth-order valence-corrected chi connectivity index (χ4v) is 5.15. The number of aldehydes is 1. The van der Waals surface area contributed by atoms with Gasteiger partial charge in [-0.1, -0.05) is 23.4 Å². The topological polar surface area (TPSA) is 122 Å². The fraction of sp³-hybridized carbons (Fsp3) is 0.385. The molecule has 1 aromatic carbocycles. The van der Waals surface area contributed by atoms with Crippen LogP contribution in [0.2, 0.25) is 0 Å². The van der Waals surface area contributed by atoms with E-state index in [4.69, 9.17) is 9.26 Å². The molecule has 35 heavy (non-hydrogen) atoms. The van der Waals surface area contributed by atoms with Crippen LogP contribution in [0.4, 0.5) is 0 Å². The van der Waals surface area contributed by atoms with Crippen molar-refractivity contribution in [1.29, 1.82) is 5.26 Å². The minimum atomic E-state index is -0.240. The third-order valence-electron chi connectivity index (χ3n) is 6.69. The van der Waals surface area contributed by atoms with Crippen molar-refractivity contribution in [2.45, 2.75) is 51.0 Å². The van der Waals surface area contributed by atoms with Gasteiger partial charge in [0.15, 0.2) is 0 Å². The molecule has 178 valence electrons. The van der Waals surface area contributed by atoms with Crippen LogP contribution in [0.5, 0.6) is 5.88 Å². The number of nitriles is 1. The van der Waals surface area contributed by atoms with Crippen LogP contribution in [-0.4, -0.2) is 51.4 Å². The van der Waals surface area contributed by atoms with Gasteiger partial charge in [-0.25, -0.2) is 4.98 Å². The minimum Gasteiger partial charge on any atom is -0.474 e. The first-order valence-corrected chi connectivity index (χ1v) is 11.7. The van der Waals surface area contributed by atoms with E-state index < -0.39 is 0 Å². The van der Waals surface area contributed by atoms with Crippen LogP contribution in [0, 0.1) is 11.3 Å². The van der Waals surface area contributed by atoms with Crippen LogP contribution in [0.15, 0.2) is 35.0 Å². The Balaban J connectivity index is 1.45. The number of pyridine rings is 1. The minimum absolute atomic E-state index is 0.0950. The number of amides is 1. The summed E-state index contributed by atoms with van der Waals surface area (Å²) in [5.74, 6) is 1.08. The maximum absolute atomic E-state index is 12.6. The van der Waals surface area contributed by atoms with E-state index in [-0.39, 0.29) is 29.2 Å². The quantitative estimate of drug-likeness (QED) is 0.480. The molecule has 0 N–H and O–H groups in total. The third kappa shape index (κ3) is 4.05. The molecule has 3 aromatic rings. The van der Waals surface area contributed by atoms with E-state index in [0.29, 0.717) is 42.9 Å². The smallest absolute Gasteiger partial charge is 0.259 e. The molecule has 2 aliphatic rings. The molecule has 1 saturated heterocycles. The van der Waals surface area contributed by atoms with E-state index in [0.717, 1.165) is 35.8 Å². The van der Waals surface area contributed by atoms with Gasteiger partial charge < -0.3 is 19.0 Å². The van der Waals surface area contributed by atoms with Crippen molar-refractivity contribution in [3.63, 3.8) is 0 Å². The lowest BCUT2D eigenvalue weighted by molar-refractivity contribution is -0.127. The second-order valence-corrected chi connectivity index (χ2v) is 9.34. The molecule has 2 aromatic heterocycles. The highest BCUT2D eigenvalue weighted by atomic mass is 16.5. The molecule has 1 spiro atoms. The summed E-state index contributed by atoms with van der Waals surface area (Å²) in [5.41, 5.74) is 3.74. The SMILES string of the molecule is CC(C)Oc1ncc(-c2nc(-c3cccc4c3CCC43CC(=O)N(CCC=O)C3)no2)cc1C#N. The number of hydrogen-bond donors (Lipinski definition) is 0. The number of likely N-dealkylation sites (tertiary alicyclic amines) is 1. The molecular weight excluding hydrogens is 446 g/mol. The van der Waals surface area contributed by atoms with E-state index in [1.165, 1.54) is 0 Å². The van der Waals surface area contributed by atoms with Crippen molar-refractivity contribution < 1.29 is 18.8 Å². The van der Waals surface area contributed by atoms with Crippen molar-refractivity contribution >= 4 is 12.2 Å². The number of carbonyl (C=O) groups is 2. The summed E-state index contributed by atoms with van der Waals surface area (Å²) in [7, 11) is 0. The van der Waals surface area contributed by atoms with Gasteiger partial charge in [-0.3, -0.25) is 4.79 Å². The number of benzene rings is 1. The van der Waals surface area contributed by atoms with Gasteiger partial charge >= 0.3 is 0 Å². The van der Waals surface area contributed by atoms with E-state index >= 15 is 0 Å². The molecule has 1 unspecified atom stereocenters. The number of fused-ring (bicyclic) bond motifs is 2. The van der Waals surface area contributed by atoms with Gasteiger partial charge in [0.25, 0.3) is 5.89 Å². The number of hydrogen-bond acceptors (Lipinski definition) is 8. The lowest BCUT2D eigenvalue weighted by atomic mass is 9.80. The average Bonchev–Trinajstić information content (AvgIpc) is 3.55. The van der Waals surface area contributed by atoms with Crippen LogP contribution >= 0.6 is 0 Å². The zero-order valence-electron chi connectivity index (χ0n) is 19.7. The molecule has 1 fully saturated rings. The average molecular weight is 472 g/mol. The Bertz CT molecular complexity index is 1340. The zero-order valence-corrected chi connectivity index (χ0v) is 19.7. The Hall–Kier alpha value is -4.06. The first-order chi connectivity index (χ1) is 16.9. The molecule has 1 aliphatic carbocycles. The molecule has 3 heterocycles. The van der Waals surface area contributed by atoms with Gasteiger partial charge in [0.05, 0.1) is 11.7 Å². The Morgan fingerprint density at radius 1 is 1.37 bits per heavy atom. The van der Waals surface area contributed by atoms with E-state index in [1.807, 2.05) is 26.0 Å². The zero-order chi connectivity index (χ0) is 24.6. The monoisotopic (exact) mass is 471 g/mol. The van der Waals surface area contributed by atoms with E-state index in [1.54, 1.807) is 17.2 Å². The van der Waals surface area contributed by atoms with Gasteiger partial charge in [-0.2, -0.15) is 10.2 Å². The first kappa shape index (κ1) is 22.7. The molecule has 0 saturated carbocycles. The summed E-state index contributed by atoms with van der Waals surface area (Å²) < 4.78 is 11.1. The van der Waals surface area contributed by atoms with Crippen LogP contribution in [0.25, 0.3) is 22.8 Å². The van der Waals surface area contributed by atoms with Crippen LogP contribution < -0.4 is 4.74 Å². The molecule has 9 nitrogen and oxygen atoms in total. The number of aromatic nitrogens is 3. The predicted octanol–water partition coefficient (Wildman–Crippen LogP) is 3.46. The molecule has 1 aliphatic heterocycles. The standard InChI is InChI=1S/C26H25N5O4/c1-16(2)34-24-17(13-27)11-18(14-28-24)25-29-23(30-35-25)20-5-3-6-21-19(20)7-8-26(21)12-22(33)31(15-26)9-4-10-32/h3,5-6,10-11,14,16H,4,7-9,12,15H2,1-2H3. The van der Waals surface area contributed by atoms with Gasteiger partial charge in [0.2, 0.25) is 17.6 Å². The van der Waals surface area contributed by atoms with Gasteiger partial charge in [-0.05, 0) is 43.9 Å². The summed E-state index contributed by atoms with van der Waals surface area (Å²) in [6.07, 6.45) is 4.78. The van der Waals surface area contributed by atoms with Crippen molar-refractivity contribution in [3.05, 3.63) is 47.2 Å². The number of carbonyl (C=O) groups excluding carboxylic acids is 2. The molecule has 9 heteroatoms. The molecule has 1 atom stereocenters. The summed E-state index contributed by atoms with van der Waals surface area (Å²) in [5, 5.41) is 13.7. The Labute approximate surface area is 202 Å². The first-order valence-electron chi connectivity index (χ1n) is 11.7. The summed E-state index contributed by atoms with van der Waals surface area (Å²) in [4.78, 5) is 34.1. The maximum atomic E-state index is 12.6. The Morgan fingerprint density at radius 3 is 3.00 bits per heavy atom. The number of rotatable bonds is 7. The second-order valence-electron chi connectivity index (χ2n) is 9.34. The van der Waals surface area contributed by atoms with Crippen LogP contribution in [0.3, 0.4) is 0 Å². The number of ether oxygens (including phenoxy) is 1.